The molecule has 18 heavy (non-hydrogen) atoms. The molecule has 0 amide bonds. The third-order valence-corrected chi connectivity index (χ3v) is 3.00. The number of aliphatic hydroxyl groups is 1. The van der Waals surface area contributed by atoms with Gasteiger partial charge < -0.3 is 9.84 Å². The molecular formula is C15H22O3. The number of unbranched alkanes of at least 4 members (excludes halogenated alkanes) is 4. The van der Waals surface area contributed by atoms with Gasteiger partial charge in [-0.05, 0) is 37.0 Å². The maximum Gasteiger partial charge on any atom is 0.337 e. The first-order valence-corrected chi connectivity index (χ1v) is 6.56. The van der Waals surface area contributed by atoms with Gasteiger partial charge in [-0.3, -0.25) is 0 Å². The number of esters is 1. The third kappa shape index (κ3) is 5.32. The first kappa shape index (κ1) is 14.7. The Labute approximate surface area is 109 Å². The van der Waals surface area contributed by atoms with Crippen molar-refractivity contribution in [3.63, 3.8) is 0 Å². The van der Waals surface area contributed by atoms with Crippen LogP contribution in [0.3, 0.4) is 0 Å². The molecule has 0 unspecified atom stereocenters. The summed E-state index contributed by atoms with van der Waals surface area (Å²) in [6.07, 6.45) is 6.59. The van der Waals surface area contributed by atoms with Crippen molar-refractivity contribution in [1.29, 1.82) is 0 Å². The van der Waals surface area contributed by atoms with E-state index in [1.807, 2.05) is 24.3 Å². The molecule has 0 fully saturated rings. The van der Waals surface area contributed by atoms with Gasteiger partial charge in [-0.15, -0.1) is 0 Å². The topological polar surface area (TPSA) is 46.5 Å². The van der Waals surface area contributed by atoms with E-state index in [0.29, 0.717) is 12.2 Å². The Balaban J connectivity index is 2.25. The fraction of sp³-hybridized carbons (Fsp3) is 0.533. The minimum absolute atomic E-state index is 0.287. The summed E-state index contributed by atoms with van der Waals surface area (Å²) >= 11 is 0. The maximum atomic E-state index is 11.2. The van der Waals surface area contributed by atoms with Crippen LogP contribution in [0.15, 0.2) is 24.3 Å². The molecule has 0 heterocycles. The second-order valence-corrected chi connectivity index (χ2v) is 4.43. The van der Waals surface area contributed by atoms with Crippen LogP contribution >= 0.6 is 0 Å². The number of rotatable bonds is 8. The van der Waals surface area contributed by atoms with Gasteiger partial charge in [0.05, 0.1) is 12.7 Å². The number of carbonyl (C=O) groups excluding carboxylic acids is 1. The molecule has 0 radical (unpaired) electrons. The molecule has 0 aliphatic carbocycles. The molecule has 0 aliphatic rings. The molecule has 3 heteroatoms. The second kappa shape index (κ2) is 8.70. The van der Waals surface area contributed by atoms with E-state index in [-0.39, 0.29) is 5.97 Å². The molecule has 3 nitrogen and oxygen atoms in total. The van der Waals surface area contributed by atoms with Crippen LogP contribution in [0.25, 0.3) is 0 Å². The molecule has 100 valence electrons. The first-order valence-electron chi connectivity index (χ1n) is 6.56. The number of hydrogen-bond acceptors (Lipinski definition) is 3. The van der Waals surface area contributed by atoms with Gasteiger partial charge in [0, 0.05) is 6.61 Å². The quantitative estimate of drug-likeness (QED) is 0.570. The Hall–Kier alpha value is -1.35. The number of aliphatic hydroxyl groups excluding tert-OH is 1. The number of carbonyl (C=O) groups is 1. The second-order valence-electron chi connectivity index (χ2n) is 4.43. The van der Waals surface area contributed by atoms with E-state index >= 15 is 0 Å². The third-order valence-electron chi connectivity index (χ3n) is 3.00. The molecule has 1 rings (SSSR count). The summed E-state index contributed by atoms with van der Waals surface area (Å²) in [6, 6.07) is 7.60. The predicted octanol–water partition coefficient (Wildman–Crippen LogP) is 2.96. The summed E-state index contributed by atoms with van der Waals surface area (Å²) in [6.45, 7) is 0.301. The van der Waals surface area contributed by atoms with E-state index in [1.165, 1.54) is 25.5 Å². The van der Waals surface area contributed by atoms with E-state index in [9.17, 15) is 4.79 Å². The highest BCUT2D eigenvalue weighted by atomic mass is 16.5. The Kier molecular flexibility index (Phi) is 7.11. The summed E-state index contributed by atoms with van der Waals surface area (Å²) < 4.78 is 4.65. The fourth-order valence-electron chi connectivity index (χ4n) is 1.90. The molecule has 0 saturated heterocycles. The van der Waals surface area contributed by atoms with Gasteiger partial charge in [0.1, 0.15) is 0 Å². The highest BCUT2D eigenvalue weighted by Gasteiger charge is 2.03. The molecule has 0 aliphatic heterocycles. The average Bonchev–Trinajstić information content (AvgIpc) is 2.42. The summed E-state index contributed by atoms with van der Waals surface area (Å²) in [7, 11) is 1.39. The van der Waals surface area contributed by atoms with Crippen molar-refractivity contribution < 1.29 is 14.6 Å². The van der Waals surface area contributed by atoms with E-state index < -0.39 is 0 Å². The number of ether oxygens (including phenoxy) is 1. The molecule has 0 spiro atoms. The van der Waals surface area contributed by atoms with Crippen LogP contribution in [0, 0.1) is 0 Å². The van der Waals surface area contributed by atoms with Crippen molar-refractivity contribution in [3.8, 4) is 0 Å². The van der Waals surface area contributed by atoms with Crippen molar-refractivity contribution >= 4 is 5.97 Å². The van der Waals surface area contributed by atoms with Crippen LogP contribution in [-0.2, 0) is 11.2 Å². The lowest BCUT2D eigenvalue weighted by molar-refractivity contribution is 0.0600. The minimum atomic E-state index is -0.287. The number of methoxy groups -OCH3 is 1. The van der Waals surface area contributed by atoms with Gasteiger partial charge in [-0.2, -0.15) is 0 Å². The number of aryl methyl sites for hydroxylation is 1. The van der Waals surface area contributed by atoms with Gasteiger partial charge in [-0.1, -0.05) is 31.4 Å². The van der Waals surface area contributed by atoms with Gasteiger partial charge in [0.25, 0.3) is 0 Å². The molecule has 1 aromatic rings. The first-order chi connectivity index (χ1) is 8.77. The summed E-state index contributed by atoms with van der Waals surface area (Å²) in [5.41, 5.74) is 1.86. The van der Waals surface area contributed by atoms with Crippen LogP contribution < -0.4 is 0 Å². The van der Waals surface area contributed by atoms with Crippen molar-refractivity contribution in [2.24, 2.45) is 0 Å². The highest BCUT2D eigenvalue weighted by molar-refractivity contribution is 5.89. The number of hydrogen-bond donors (Lipinski definition) is 1. The van der Waals surface area contributed by atoms with Gasteiger partial charge in [-0.25, -0.2) is 4.79 Å². The van der Waals surface area contributed by atoms with Crippen LogP contribution in [0.4, 0.5) is 0 Å². The summed E-state index contributed by atoms with van der Waals surface area (Å²) in [5.74, 6) is -0.287. The molecule has 1 N–H and O–H groups in total. The van der Waals surface area contributed by atoms with E-state index in [2.05, 4.69) is 4.74 Å². The fourth-order valence-corrected chi connectivity index (χ4v) is 1.90. The zero-order valence-corrected chi connectivity index (χ0v) is 11.0. The van der Waals surface area contributed by atoms with Gasteiger partial charge in [0.15, 0.2) is 0 Å². The average molecular weight is 250 g/mol. The SMILES string of the molecule is COC(=O)c1ccc(CCCCCCCO)cc1. The zero-order chi connectivity index (χ0) is 13.2. The Morgan fingerprint density at radius 1 is 1.06 bits per heavy atom. The lowest BCUT2D eigenvalue weighted by Crippen LogP contribution is -2.00. The highest BCUT2D eigenvalue weighted by Crippen LogP contribution is 2.11. The summed E-state index contributed by atoms with van der Waals surface area (Å²) in [4.78, 5) is 11.2. The molecule has 1 aromatic carbocycles. The zero-order valence-electron chi connectivity index (χ0n) is 11.0. The Bertz CT molecular complexity index is 343. The van der Waals surface area contributed by atoms with Crippen LogP contribution in [0.2, 0.25) is 0 Å². The van der Waals surface area contributed by atoms with Crippen LogP contribution in [0.1, 0.15) is 48.0 Å². The van der Waals surface area contributed by atoms with Crippen molar-refractivity contribution in [1.82, 2.24) is 0 Å². The predicted molar refractivity (Wildman–Crippen MR) is 71.7 cm³/mol. The van der Waals surface area contributed by atoms with Crippen molar-refractivity contribution in [2.45, 2.75) is 38.5 Å². The van der Waals surface area contributed by atoms with E-state index in [4.69, 9.17) is 5.11 Å². The molecule has 0 bridgehead atoms. The Morgan fingerprint density at radius 2 is 1.67 bits per heavy atom. The maximum absolute atomic E-state index is 11.2. The normalized spacial score (nSPS) is 10.3. The molecule has 0 saturated carbocycles. The van der Waals surface area contributed by atoms with E-state index in [0.717, 1.165) is 25.7 Å². The van der Waals surface area contributed by atoms with Crippen molar-refractivity contribution in [3.05, 3.63) is 35.4 Å². The lowest BCUT2D eigenvalue weighted by Gasteiger charge is -2.03. The molecule has 0 atom stereocenters. The van der Waals surface area contributed by atoms with Crippen LogP contribution in [-0.4, -0.2) is 24.8 Å². The lowest BCUT2D eigenvalue weighted by atomic mass is 10.0. The standard InChI is InChI=1S/C15H22O3/c1-18-15(17)14-10-8-13(9-11-14)7-5-3-2-4-6-12-16/h8-11,16H,2-7,12H2,1H3. The van der Waals surface area contributed by atoms with Crippen LogP contribution in [0.5, 0.6) is 0 Å². The number of benzene rings is 1. The van der Waals surface area contributed by atoms with Gasteiger partial charge >= 0.3 is 5.97 Å². The minimum Gasteiger partial charge on any atom is -0.465 e. The van der Waals surface area contributed by atoms with Crippen molar-refractivity contribution in [2.75, 3.05) is 13.7 Å². The smallest absolute Gasteiger partial charge is 0.337 e. The monoisotopic (exact) mass is 250 g/mol. The van der Waals surface area contributed by atoms with Gasteiger partial charge in [0.2, 0.25) is 0 Å². The van der Waals surface area contributed by atoms with E-state index in [1.54, 1.807) is 0 Å². The Morgan fingerprint density at radius 3 is 2.28 bits per heavy atom. The largest absolute Gasteiger partial charge is 0.465 e. The molecular weight excluding hydrogens is 228 g/mol. The molecule has 0 aromatic heterocycles. The summed E-state index contributed by atoms with van der Waals surface area (Å²) in [5, 5.41) is 8.65.